The van der Waals surface area contributed by atoms with Crippen molar-refractivity contribution in [2.45, 2.75) is 37.4 Å². The smallest absolute Gasteiger partial charge is 0.405 e. The number of amides is 1. The Morgan fingerprint density at radius 2 is 1.69 bits per heavy atom. The summed E-state index contributed by atoms with van der Waals surface area (Å²) in [6, 6.07) is 2.78. The minimum atomic E-state index is -4.56. The molecule has 0 unspecified atom stereocenters. The normalized spacial score (nSPS) is 13.5. The van der Waals surface area contributed by atoms with E-state index in [9.17, 15) is 31.2 Å². The number of sulfonamides is 1. The molecule has 0 bridgehead atoms. The van der Waals surface area contributed by atoms with Crippen LogP contribution in [-0.4, -0.2) is 44.2 Å². The van der Waals surface area contributed by atoms with Crippen molar-refractivity contribution in [3.8, 4) is 0 Å². The van der Waals surface area contributed by atoms with Crippen molar-refractivity contribution in [3.63, 3.8) is 0 Å². The topological polar surface area (TPSA) is 113 Å². The van der Waals surface area contributed by atoms with E-state index in [2.05, 4.69) is 4.72 Å². The van der Waals surface area contributed by atoms with Crippen LogP contribution in [0.25, 0.3) is 0 Å². The zero-order valence-corrected chi connectivity index (χ0v) is 14.8. The Kier molecular flexibility index (Phi) is 7.16. The zero-order valence-electron chi connectivity index (χ0n) is 14.0. The van der Waals surface area contributed by atoms with Crippen molar-refractivity contribution in [2.75, 3.05) is 6.54 Å². The summed E-state index contributed by atoms with van der Waals surface area (Å²) in [4.78, 5) is 22.4. The van der Waals surface area contributed by atoms with Crippen LogP contribution < -0.4 is 10.0 Å². The molecule has 0 saturated heterocycles. The van der Waals surface area contributed by atoms with Crippen LogP contribution in [0.4, 0.5) is 13.2 Å². The van der Waals surface area contributed by atoms with E-state index >= 15 is 0 Å². The Labute approximate surface area is 148 Å². The number of rotatable bonds is 8. The van der Waals surface area contributed by atoms with Gasteiger partial charge in [-0.25, -0.2) is 8.42 Å². The van der Waals surface area contributed by atoms with E-state index in [1.54, 1.807) is 19.2 Å². The SMILES string of the molecule is CC(C)C[C@H](NS(=O)(=O)c1ccc(C(=O)NCC(F)(F)F)cc1)C(=O)O. The number of hydrogen-bond acceptors (Lipinski definition) is 4. The predicted octanol–water partition coefficient (Wildman–Crippen LogP) is 1.76. The first-order valence-corrected chi connectivity index (χ1v) is 9.00. The maximum atomic E-state index is 12.2. The van der Waals surface area contributed by atoms with Gasteiger partial charge in [-0.15, -0.1) is 0 Å². The van der Waals surface area contributed by atoms with Crippen molar-refractivity contribution in [2.24, 2.45) is 5.92 Å². The number of carbonyl (C=O) groups is 2. The predicted molar refractivity (Wildman–Crippen MR) is 86.0 cm³/mol. The van der Waals surface area contributed by atoms with E-state index in [0.29, 0.717) is 0 Å². The van der Waals surface area contributed by atoms with Gasteiger partial charge in [0.2, 0.25) is 10.0 Å². The van der Waals surface area contributed by atoms with E-state index in [-0.39, 0.29) is 22.8 Å². The van der Waals surface area contributed by atoms with E-state index in [0.717, 1.165) is 24.3 Å². The van der Waals surface area contributed by atoms with Gasteiger partial charge in [0.1, 0.15) is 12.6 Å². The second-order valence-electron chi connectivity index (χ2n) is 5.96. The molecule has 0 aliphatic rings. The molecule has 0 spiro atoms. The van der Waals surface area contributed by atoms with Crippen LogP contribution in [0.15, 0.2) is 29.2 Å². The van der Waals surface area contributed by atoms with Crippen LogP contribution in [0.5, 0.6) is 0 Å². The van der Waals surface area contributed by atoms with Crippen molar-refractivity contribution in [3.05, 3.63) is 29.8 Å². The Bertz CT molecular complexity index is 746. The lowest BCUT2D eigenvalue weighted by Gasteiger charge is -2.16. The van der Waals surface area contributed by atoms with E-state index < -0.39 is 40.7 Å². The third-order valence-electron chi connectivity index (χ3n) is 3.18. The number of benzene rings is 1. The number of carbonyl (C=O) groups excluding carboxylic acids is 1. The van der Waals surface area contributed by atoms with Crippen LogP contribution in [0.1, 0.15) is 30.6 Å². The average Bonchev–Trinajstić information content (AvgIpc) is 2.50. The lowest BCUT2D eigenvalue weighted by Crippen LogP contribution is -2.41. The van der Waals surface area contributed by atoms with Gasteiger partial charge in [-0.3, -0.25) is 9.59 Å². The summed E-state index contributed by atoms with van der Waals surface area (Å²) in [5, 5.41) is 10.8. The number of aliphatic carboxylic acids is 1. The van der Waals surface area contributed by atoms with Gasteiger partial charge in [0.25, 0.3) is 5.91 Å². The second-order valence-corrected chi connectivity index (χ2v) is 7.68. The molecular formula is C15H19F3N2O5S. The van der Waals surface area contributed by atoms with Crippen LogP contribution in [0, 0.1) is 5.92 Å². The summed E-state index contributed by atoms with van der Waals surface area (Å²) in [5.74, 6) is -2.41. The third-order valence-corrected chi connectivity index (χ3v) is 4.67. The summed E-state index contributed by atoms with van der Waals surface area (Å²) in [6.45, 7) is 1.96. The third kappa shape index (κ3) is 7.00. The fraction of sp³-hybridized carbons (Fsp3) is 0.467. The molecule has 1 aromatic carbocycles. The maximum Gasteiger partial charge on any atom is 0.405 e. The Balaban J connectivity index is 2.88. The summed E-state index contributed by atoms with van der Waals surface area (Å²) in [7, 11) is -4.17. The molecule has 1 rings (SSSR count). The maximum absolute atomic E-state index is 12.2. The first-order valence-electron chi connectivity index (χ1n) is 7.52. The molecule has 0 saturated carbocycles. The number of nitrogens with one attached hydrogen (secondary N) is 2. The number of carboxylic acid groups (broad SMARTS) is 1. The van der Waals surface area contributed by atoms with Gasteiger partial charge in [-0.2, -0.15) is 17.9 Å². The minimum absolute atomic E-state index is 0.0708. The van der Waals surface area contributed by atoms with Gasteiger partial charge in [0.05, 0.1) is 4.90 Å². The molecule has 0 aliphatic heterocycles. The molecule has 0 fully saturated rings. The minimum Gasteiger partial charge on any atom is -0.480 e. The molecule has 1 atom stereocenters. The van der Waals surface area contributed by atoms with Gasteiger partial charge >= 0.3 is 12.1 Å². The molecule has 146 valence electrons. The van der Waals surface area contributed by atoms with Crippen molar-refractivity contribution >= 4 is 21.9 Å². The lowest BCUT2D eigenvalue weighted by molar-refractivity contribution is -0.139. The molecular weight excluding hydrogens is 377 g/mol. The zero-order chi connectivity index (χ0) is 20.1. The second kappa shape index (κ2) is 8.49. The van der Waals surface area contributed by atoms with E-state index in [4.69, 9.17) is 5.11 Å². The van der Waals surface area contributed by atoms with E-state index in [1.165, 1.54) is 0 Å². The highest BCUT2D eigenvalue weighted by Gasteiger charge is 2.28. The molecule has 0 aromatic heterocycles. The number of hydrogen-bond donors (Lipinski definition) is 3. The first kappa shape index (κ1) is 21.9. The first-order chi connectivity index (χ1) is 11.8. The van der Waals surface area contributed by atoms with E-state index in [1.807, 2.05) is 0 Å². The quantitative estimate of drug-likeness (QED) is 0.620. The monoisotopic (exact) mass is 396 g/mol. The van der Waals surface area contributed by atoms with Crippen molar-refractivity contribution in [1.29, 1.82) is 0 Å². The number of alkyl halides is 3. The van der Waals surface area contributed by atoms with Crippen LogP contribution in [0.2, 0.25) is 0 Å². The fourth-order valence-corrected chi connectivity index (χ4v) is 3.20. The molecule has 11 heteroatoms. The van der Waals surface area contributed by atoms with Gasteiger partial charge in [0.15, 0.2) is 0 Å². The van der Waals surface area contributed by atoms with Crippen LogP contribution >= 0.6 is 0 Å². The van der Waals surface area contributed by atoms with Gasteiger partial charge in [-0.05, 0) is 36.6 Å². The van der Waals surface area contributed by atoms with Crippen LogP contribution in [-0.2, 0) is 14.8 Å². The van der Waals surface area contributed by atoms with Gasteiger partial charge in [-0.1, -0.05) is 13.8 Å². The molecule has 1 amide bonds. The highest BCUT2D eigenvalue weighted by Crippen LogP contribution is 2.15. The molecule has 7 nitrogen and oxygen atoms in total. The molecule has 0 heterocycles. The molecule has 3 N–H and O–H groups in total. The molecule has 0 radical (unpaired) electrons. The summed E-state index contributed by atoms with van der Waals surface area (Å²) < 4.78 is 62.8. The molecule has 26 heavy (non-hydrogen) atoms. The molecule has 1 aromatic rings. The standard InChI is InChI=1S/C15H19F3N2O5S/c1-9(2)7-12(14(22)23)20-26(24,25)11-5-3-10(4-6-11)13(21)19-8-15(16,17)18/h3-6,9,12,20H,7-8H2,1-2H3,(H,19,21)(H,22,23)/t12-/m0/s1. The highest BCUT2D eigenvalue weighted by atomic mass is 32.2. The summed E-state index contributed by atoms with van der Waals surface area (Å²) in [5.41, 5.74) is -0.162. The number of halogens is 3. The lowest BCUT2D eigenvalue weighted by atomic mass is 10.1. The fourth-order valence-electron chi connectivity index (χ4n) is 1.99. The van der Waals surface area contributed by atoms with Crippen molar-refractivity contribution < 1.29 is 36.3 Å². The average molecular weight is 396 g/mol. The Morgan fingerprint density at radius 3 is 2.12 bits per heavy atom. The Hall–Kier alpha value is -2.14. The molecule has 0 aliphatic carbocycles. The van der Waals surface area contributed by atoms with Crippen LogP contribution in [0.3, 0.4) is 0 Å². The largest absolute Gasteiger partial charge is 0.480 e. The number of carboxylic acids is 1. The van der Waals surface area contributed by atoms with Gasteiger partial charge in [0, 0.05) is 5.56 Å². The Morgan fingerprint density at radius 1 is 1.15 bits per heavy atom. The summed E-state index contributed by atoms with van der Waals surface area (Å²) in [6.07, 6.45) is -4.49. The van der Waals surface area contributed by atoms with Gasteiger partial charge < -0.3 is 10.4 Å². The summed E-state index contributed by atoms with van der Waals surface area (Å²) >= 11 is 0. The highest BCUT2D eigenvalue weighted by molar-refractivity contribution is 7.89. The van der Waals surface area contributed by atoms with Crippen molar-refractivity contribution in [1.82, 2.24) is 10.0 Å².